The second-order valence-electron chi connectivity index (χ2n) is 15.5. The summed E-state index contributed by atoms with van der Waals surface area (Å²) >= 11 is 0. The van der Waals surface area contributed by atoms with Crippen LogP contribution in [0.15, 0.2) is 217 Å². The second-order valence-corrected chi connectivity index (χ2v) is 15.5. The van der Waals surface area contributed by atoms with Crippen LogP contribution in [0.3, 0.4) is 0 Å². The lowest BCUT2D eigenvalue weighted by Crippen LogP contribution is -2.01. The Hall–Kier alpha value is -8.21. The molecule has 61 heavy (non-hydrogen) atoms. The summed E-state index contributed by atoms with van der Waals surface area (Å²) in [6.07, 6.45) is 0. The van der Waals surface area contributed by atoms with Crippen molar-refractivity contribution < 1.29 is 4.42 Å². The van der Waals surface area contributed by atoms with Crippen LogP contribution in [-0.2, 0) is 0 Å². The van der Waals surface area contributed by atoms with Crippen molar-refractivity contribution in [2.75, 3.05) is 0 Å². The Bertz CT molecular complexity index is 3640. The second kappa shape index (κ2) is 14.3. The summed E-state index contributed by atoms with van der Waals surface area (Å²) in [5.74, 6) is 1.74. The molecule has 0 bridgehead atoms. The van der Waals surface area contributed by atoms with E-state index in [0.29, 0.717) is 17.5 Å². The van der Waals surface area contributed by atoms with Crippen LogP contribution in [0.4, 0.5) is 0 Å². The molecule has 0 radical (unpaired) electrons. The largest absolute Gasteiger partial charge is 0.455 e. The van der Waals surface area contributed by atoms with E-state index in [1.54, 1.807) is 0 Å². The number of para-hydroxylation sites is 2. The van der Waals surface area contributed by atoms with E-state index in [1.807, 2.05) is 24.3 Å². The van der Waals surface area contributed by atoms with Gasteiger partial charge in [0.2, 0.25) is 0 Å². The van der Waals surface area contributed by atoms with Crippen LogP contribution < -0.4 is 0 Å². The fraction of sp³-hybridized carbons (Fsp3) is 0. The molecule has 0 aliphatic heterocycles. The lowest BCUT2D eigenvalue weighted by Gasteiger charge is -2.14. The van der Waals surface area contributed by atoms with E-state index in [4.69, 9.17) is 19.4 Å². The normalized spacial score (nSPS) is 11.6. The minimum atomic E-state index is 0.554. The van der Waals surface area contributed by atoms with Gasteiger partial charge in [-0.15, -0.1) is 0 Å². The highest BCUT2D eigenvalue weighted by molar-refractivity contribution is 6.09. The predicted molar refractivity (Wildman–Crippen MR) is 252 cm³/mol. The van der Waals surface area contributed by atoms with Crippen molar-refractivity contribution in [3.05, 3.63) is 212 Å². The molecule has 12 rings (SSSR count). The van der Waals surface area contributed by atoms with E-state index >= 15 is 0 Å². The van der Waals surface area contributed by atoms with Gasteiger partial charge in [0, 0.05) is 21.9 Å². The lowest BCUT2D eigenvalue weighted by atomic mass is 9.91. The van der Waals surface area contributed by atoms with Gasteiger partial charge >= 0.3 is 0 Å². The molecule has 0 aliphatic rings. The lowest BCUT2D eigenvalue weighted by molar-refractivity contribution is 0.669. The fourth-order valence-corrected chi connectivity index (χ4v) is 8.93. The van der Waals surface area contributed by atoms with Gasteiger partial charge in [-0.05, 0) is 96.0 Å². The smallest absolute Gasteiger partial charge is 0.167 e. The zero-order valence-corrected chi connectivity index (χ0v) is 33.0. The predicted octanol–water partition coefficient (Wildman–Crippen LogP) is 15.2. The van der Waals surface area contributed by atoms with Gasteiger partial charge in [-0.25, -0.2) is 15.0 Å². The molecule has 2 heterocycles. The molecule has 0 spiro atoms. The van der Waals surface area contributed by atoms with Crippen molar-refractivity contribution in [2.24, 2.45) is 0 Å². The van der Waals surface area contributed by atoms with Crippen LogP contribution in [0.25, 0.3) is 122 Å². The standard InChI is InChI=1S/C57H35N3O/c1-2-13-37(14-3-1)51-35-43(33-42-16-5-7-20-46(42)51)41-32-29-38-18-11-24-49(52(38)34-41)56-58-55(40-30-27-39(28-31-40)45-22-10-17-36-15-4-6-19-44(36)45)59-57(60-56)50-25-12-23-48-47-21-8-9-26-53(47)61-54(48)50/h1-35H. The molecule has 4 heteroatoms. The molecule has 284 valence electrons. The summed E-state index contributed by atoms with van der Waals surface area (Å²) in [4.78, 5) is 15.8. The molecule has 4 nitrogen and oxygen atoms in total. The number of furan rings is 1. The van der Waals surface area contributed by atoms with Gasteiger partial charge in [-0.1, -0.05) is 182 Å². The van der Waals surface area contributed by atoms with Crippen LogP contribution in [-0.4, -0.2) is 15.0 Å². The fourth-order valence-electron chi connectivity index (χ4n) is 8.93. The minimum absolute atomic E-state index is 0.554. The van der Waals surface area contributed by atoms with Crippen molar-refractivity contribution in [3.63, 3.8) is 0 Å². The number of aromatic nitrogens is 3. The quantitative estimate of drug-likeness (QED) is 0.169. The molecule has 0 N–H and O–H groups in total. The van der Waals surface area contributed by atoms with E-state index in [0.717, 1.165) is 66.1 Å². The summed E-state index contributed by atoms with van der Waals surface area (Å²) in [7, 11) is 0. The van der Waals surface area contributed by atoms with Gasteiger partial charge in [0.05, 0.1) is 5.56 Å². The topological polar surface area (TPSA) is 51.8 Å². The molecule has 10 aromatic carbocycles. The van der Waals surface area contributed by atoms with Crippen LogP contribution >= 0.6 is 0 Å². The number of benzene rings is 10. The summed E-state index contributed by atoms with van der Waals surface area (Å²) < 4.78 is 6.54. The molecular weight excluding hydrogens is 743 g/mol. The molecule has 2 aromatic heterocycles. The maximum absolute atomic E-state index is 6.54. The van der Waals surface area contributed by atoms with Crippen molar-refractivity contribution in [2.45, 2.75) is 0 Å². The molecule has 0 unspecified atom stereocenters. The number of hydrogen-bond donors (Lipinski definition) is 0. The highest BCUT2D eigenvalue weighted by Crippen LogP contribution is 2.39. The molecule has 0 saturated heterocycles. The molecule has 12 aromatic rings. The average molecular weight is 778 g/mol. The van der Waals surface area contributed by atoms with Gasteiger partial charge in [0.15, 0.2) is 17.5 Å². The van der Waals surface area contributed by atoms with Gasteiger partial charge in [-0.3, -0.25) is 0 Å². The molecular formula is C57H35N3O. The van der Waals surface area contributed by atoms with E-state index < -0.39 is 0 Å². The maximum atomic E-state index is 6.54. The Balaban J connectivity index is 1.04. The van der Waals surface area contributed by atoms with Crippen LogP contribution in [0.1, 0.15) is 0 Å². The van der Waals surface area contributed by atoms with E-state index in [2.05, 4.69) is 188 Å². The number of fused-ring (bicyclic) bond motifs is 6. The highest BCUT2D eigenvalue weighted by atomic mass is 16.3. The van der Waals surface area contributed by atoms with E-state index in [1.165, 1.54) is 38.2 Å². The zero-order chi connectivity index (χ0) is 40.3. The Morgan fingerprint density at radius 1 is 0.262 bits per heavy atom. The van der Waals surface area contributed by atoms with Gasteiger partial charge in [-0.2, -0.15) is 0 Å². The third kappa shape index (κ3) is 6.04. The zero-order valence-electron chi connectivity index (χ0n) is 33.0. The third-order valence-electron chi connectivity index (χ3n) is 11.9. The summed E-state index contributed by atoms with van der Waals surface area (Å²) in [5, 5.41) is 9.11. The summed E-state index contributed by atoms with van der Waals surface area (Å²) in [6.45, 7) is 0. The average Bonchev–Trinajstić information content (AvgIpc) is 3.72. The molecule has 0 fully saturated rings. The van der Waals surface area contributed by atoms with Gasteiger partial charge in [0.25, 0.3) is 0 Å². The van der Waals surface area contributed by atoms with Crippen molar-refractivity contribution in [3.8, 4) is 67.5 Å². The van der Waals surface area contributed by atoms with Gasteiger partial charge < -0.3 is 4.42 Å². The molecule has 0 atom stereocenters. The molecule has 0 amide bonds. The van der Waals surface area contributed by atoms with Crippen LogP contribution in [0.2, 0.25) is 0 Å². The SMILES string of the molecule is c1ccc(-c2cc(-c3ccc4cccc(-c5nc(-c6ccc(-c7cccc8ccccc78)cc6)nc(-c6cccc7c6oc6ccccc67)n5)c4c3)cc3ccccc23)cc1. The van der Waals surface area contributed by atoms with E-state index in [-0.39, 0.29) is 0 Å². The maximum Gasteiger partial charge on any atom is 0.167 e. The minimum Gasteiger partial charge on any atom is -0.455 e. The van der Waals surface area contributed by atoms with Crippen molar-refractivity contribution >= 4 is 54.3 Å². The number of rotatable bonds is 6. The molecule has 0 saturated carbocycles. The summed E-state index contributed by atoms with van der Waals surface area (Å²) in [6, 6.07) is 74.8. The number of nitrogens with zero attached hydrogens (tertiary/aromatic N) is 3. The first-order chi connectivity index (χ1) is 30.2. The Morgan fingerprint density at radius 3 is 1.62 bits per heavy atom. The number of hydrogen-bond acceptors (Lipinski definition) is 4. The first-order valence-corrected chi connectivity index (χ1v) is 20.6. The molecule has 0 aliphatic carbocycles. The van der Waals surface area contributed by atoms with Crippen molar-refractivity contribution in [1.82, 2.24) is 15.0 Å². The monoisotopic (exact) mass is 777 g/mol. The highest BCUT2D eigenvalue weighted by Gasteiger charge is 2.19. The van der Waals surface area contributed by atoms with E-state index in [9.17, 15) is 0 Å². The first-order valence-electron chi connectivity index (χ1n) is 20.6. The Morgan fingerprint density at radius 2 is 0.803 bits per heavy atom. The Kier molecular flexibility index (Phi) is 8.13. The van der Waals surface area contributed by atoms with Crippen LogP contribution in [0.5, 0.6) is 0 Å². The first kappa shape index (κ1) is 34.8. The van der Waals surface area contributed by atoms with Gasteiger partial charge in [0.1, 0.15) is 11.2 Å². The summed E-state index contributed by atoms with van der Waals surface area (Å²) in [5.41, 5.74) is 11.2. The van der Waals surface area contributed by atoms with Crippen molar-refractivity contribution in [1.29, 1.82) is 0 Å². The Labute approximate surface area is 352 Å². The van der Waals surface area contributed by atoms with Crippen LogP contribution in [0, 0.1) is 0 Å². The third-order valence-corrected chi connectivity index (χ3v) is 11.9.